The molecule has 1 heterocycles. The highest BCUT2D eigenvalue weighted by Gasteiger charge is 2.10. The van der Waals surface area contributed by atoms with E-state index in [1.807, 2.05) is 30.3 Å². The maximum absolute atomic E-state index is 13.8. The number of aromatic nitrogens is 3. The van der Waals surface area contributed by atoms with Gasteiger partial charge in [0.2, 0.25) is 5.95 Å². The third kappa shape index (κ3) is 4.62. The van der Waals surface area contributed by atoms with Crippen molar-refractivity contribution in [1.82, 2.24) is 15.2 Å². The Kier molecular flexibility index (Phi) is 5.24. The normalized spacial score (nSPS) is 10.4. The van der Waals surface area contributed by atoms with Crippen LogP contribution in [0.25, 0.3) is 0 Å². The van der Waals surface area contributed by atoms with Crippen LogP contribution in [0.1, 0.15) is 0 Å². The highest BCUT2D eigenvalue weighted by atomic mass is 19.1. The van der Waals surface area contributed by atoms with Crippen LogP contribution in [0.15, 0.2) is 79.0 Å². The molecule has 0 amide bonds. The predicted octanol–water partition coefficient (Wildman–Crippen LogP) is 5.43. The summed E-state index contributed by atoms with van der Waals surface area (Å²) in [5, 5.41) is 13.2. The molecule has 0 radical (unpaired) electrons. The average molecular weight is 391 g/mol. The van der Waals surface area contributed by atoms with E-state index >= 15 is 0 Å². The summed E-state index contributed by atoms with van der Waals surface area (Å²) in [6.07, 6.45) is 1.27. The number of para-hydroxylation sites is 2. The Bertz CT molecular complexity index is 1090. The van der Waals surface area contributed by atoms with Gasteiger partial charge in [-0.05, 0) is 48.5 Å². The van der Waals surface area contributed by atoms with Crippen molar-refractivity contribution in [2.24, 2.45) is 0 Å². The third-order valence-electron chi connectivity index (χ3n) is 3.86. The number of rotatable bonds is 6. The molecule has 29 heavy (non-hydrogen) atoms. The van der Waals surface area contributed by atoms with Gasteiger partial charge in [-0.3, -0.25) is 0 Å². The topological polar surface area (TPSA) is 72.0 Å². The Morgan fingerprint density at radius 1 is 0.724 bits per heavy atom. The first-order valence-electron chi connectivity index (χ1n) is 8.68. The minimum absolute atomic E-state index is 0.149. The lowest BCUT2D eigenvalue weighted by Gasteiger charge is -2.10. The molecule has 4 rings (SSSR count). The van der Waals surface area contributed by atoms with E-state index in [-0.39, 0.29) is 17.5 Å². The van der Waals surface area contributed by atoms with Gasteiger partial charge in [-0.1, -0.05) is 24.3 Å². The molecule has 1 aromatic heterocycles. The van der Waals surface area contributed by atoms with E-state index in [0.717, 1.165) is 17.9 Å². The van der Waals surface area contributed by atoms with E-state index in [2.05, 4.69) is 25.8 Å². The molecular formula is C21H15F2N5O. The van der Waals surface area contributed by atoms with Crippen molar-refractivity contribution >= 4 is 23.1 Å². The quantitative estimate of drug-likeness (QED) is 0.457. The Morgan fingerprint density at radius 3 is 2.14 bits per heavy atom. The fourth-order valence-corrected chi connectivity index (χ4v) is 2.52. The largest absolute Gasteiger partial charge is 0.457 e. The van der Waals surface area contributed by atoms with Crippen LogP contribution in [0.3, 0.4) is 0 Å². The van der Waals surface area contributed by atoms with Crippen LogP contribution in [0.2, 0.25) is 0 Å². The Balaban J connectivity index is 1.45. The monoisotopic (exact) mass is 391 g/mol. The molecule has 0 bridgehead atoms. The van der Waals surface area contributed by atoms with Gasteiger partial charge in [0.05, 0.1) is 6.20 Å². The Labute approximate surface area is 165 Å². The lowest BCUT2D eigenvalue weighted by Crippen LogP contribution is -2.04. The summed E-state index contributed by atoms with van der Waals surface area (Å²) in [6.45, 7) is 0. The second-order valence-electron chi connectivity index (χ2n) is 5.95. The zero-order valence-electron chi connectivity index (χ0n) is 15.0. The zero-order valence-corrected chi connectivity index (χ0v) is 15.0. The van der Waals surface area contributed by atoms with E-state index in [4.69, 9.17) is 4.74 Å². The van der Waals surface area contributed by atoms with Gasteiger partial charge in [-0.15, -0.1) is 5.10 Å². The van der Waals surface area contributed by atoms with Crippen molar-refractivity contribution in [3.63, 3.8) is 0 Å². The van der Waals surface area contributed by atoms with Crippen LogP contribution in [0, 0.1) is 11.6 Å². The zero-order chi connectivity index (χ0) is 20.1. The number of halogens is 2. The highest BCUT2D eigenvalue weighted by Crippen LogP contribution is 2.25. The van der Waals surface area contributed by atoms with Gasteiger partial charge < -0.3 is 15.4 Å². The van der Waals surface area contributed by atoms with E-state index in [1.54, 1.807) is 24.3 Å². The molecule has 3 aromatic carbocycles. The molecule has 144 valence electrons. The molecule has 0 aliphatic carbocycles. The average Bonchev–Trinajstić information content (AvgIpc) is 2.73. The summed E-state index contributed by atoms with van der Waals surface area (Å²) in [7, 11) is 0. The molecule has 2 N–H and O–H groups in total. The van der Waals surface area contributed by atoms with Crippen LogP contribution in [-0.4, -0.2) is 15.2 Å². The van der Waals surface area contributed by atoms with Gasteiger partial charge >= 0.3 is 0 Å². The van der Waals surface area contributed by atoms with Gasteiger partial charge in [0.25, 0.3) is 0 Å². The van der Waals surface area contributed by atoms with E-state index < -0.39 is 11.6 Å². The van der Waals surface area contributed by atoms with Crippen molar-refractivity contribution in [1.29, 1.82) is 0 Å². The lowest BCUT2D eigenvalue weighted by molar-refractivity contribution is 0.483. The molecule has 0 aliphatic heterocycles. The SMILES string of the molecule is Fc1cccc(F)c1Nc1cnnc(Nc2ccc(Oc3ccccc3)cc2)n1. The number of hydrogen-bond acceptors (Lipinski definition) is 6. The van der Waals surface area contributed by atoms with Gasteiger partial charge in [0.15, 0.2) is 5.82 Å². The van der Waals surface area contributed by atoms with Gasteiger partial charge in [-0.25, -0.2) is 8.78 Å². The molecule has 8 heteroatoms. The minimum atomic E-state index is -0.730. The van der Waals surface area contributed by atoms with Gasteiger partial charge in [0.1, 0.15) is 28.8 Å². The second-order valence-corrected chi connectivity index (χ2v) is 5.95. The molecule has 6 nitrogen and oxygen atoms in total. The smallest absolute Gasteiger partial charge is 0.249 e. The number of benzene rings is 3. The Morgan fingerprint density at radius 2 is 1.41 bits per heavy atom. The predicted molar refractivity (Wildman–Crippen MR) is 106 cm³/mol. The molecular weight excluding hydrogens is 376 g/mol. The summed E-state index contributed by atoms with van der Waals surface area (Å²) in [6, 6.07) is 20.2. The van der Waals surface area contributed by atoms with Crippen molar-refractivity contribution in [2.45, 2.75) is 0 Å². The summed E-state index contributed by atoms with van der Waals surface area (Å²) < 4.78 is 33.3. The number of hydrogen-bond donors (Lipinski definition) is 2. The maximum Gasteiger partial charge on any atom is 0.249 e. The second kappa shape index (κ2) is 8.30. The first kappa shape index (κ1) is 18.3. The summed E-state index contributed by atoms with van der Waals surface area (Å²) in [5.74, 6) is 0.268. The summed E-state index contributed by atoms with van der Waals surface area (Å²) in [4.78, 5) is 4.18. The summed E-state index contributed by atoms with van der Waals surface area (Å²) >= 11 is 0. The van der Waals surface area contributed by atoms with Crippen LogP contribution >= 0.6 is 0 Å². The third-order valence-corrected chi connectivity index (χ3v) is 3.86. The molecule has 4 aromatic rings. The van der Waals surface area contributed by atoms with Gasteiger partial charge in [-0.2, -0.15) is 10.1 Å². The van der Waals surface area contributed by atoms with E-state index in [0.29, 0.717) is 11.4 Å². The first-order valence-corrected chi connectivity index (χ1v) is 8.68. The van der Waals surface area contributed by atoms with Gasteiger partial charge in [0, 0.05) is 5.69 Å². The van der Waals surface area contributed by atoms with Crippen molar-refractivity contribution < 1.29 is 13.5 Å². The molecule has 0 fully saturated rings. The molecule has 0 unspecified atom stereocenters. The van der Waals surface area contributed by atoms with Crippen LogP contribution in [0.4, 0.5) is 31.9 Å². The maximum atomic E-state index is 13.8. The van der Waals surface area contributed by atoms with E-state index in [9.17, 15) is 8.78 Å². The fourth-order valence-electron chi connectivity index (χ4n) is 2.52. The molecule has 0 spiro atoms. The van der Waals surface area contributed by atoms with Crippen molar-refractivity contribution in [3.05, 3.63) is 90.6 Å². The summed E-state index contributed by atoms with van der Waals surface area (Å²) in [5.41, 5.74) is 0.391. The van der Waals surface area contributed by atoms with Crippen molar-refractivity contribution in [2.75, 3.05) is 10.6 Å². The number of anilines is 4. The first-order chi connectivity index (χ1) is 14.2. The molecule has 0 saturated carbocycles. The van der Waals surface area contributed by atoms with Crippen LogP contribution in [0.5, 0.6) is 11.5 Å². The lowest BCUT2D eigenvalue weighted by atomic mass is 10.3. The van der Waals surface area contributed by atoms with E-state index in [1.165, 1.54) is 12.3 Å². The molecule has 0 atom stereocenters. The number of nitrogens with zero attached hydrogens (tertiary/aromatic N) is 3. The fraction of sp³-hybridized carbons (Fsp3) is 0. The van der Waals surface area contributed by atoms with Crippen LogP contribution < -0.4 is 15.4 Å². The molecule has 0 saturated heterocycles. The Hall–Kier alpha value is -4.07. The van der Waals surface area contributed by atoms with Crippen LogP contribution in [-0.2, 0) is 0 Å². The highest BCUT2D eigenvalue weighted by molar-refractivity contribution is 5.60. The molecule has 0 aliphatic rings. The minimum Gasteiger partial charge on any atom is -0.457 e. The number of nitrogens with one attached hydrogen (secondary N) is 2. The number of ether oxygens (including phenoxy) is 1. The standard InChI is InChI=1S/C21H15F2N5O/c22-17-7-4-8-18(23)20(17)26-19-13-24-28-21(27-19)25-14-9-11-16(12-10-14)29-15-5-2-1-3-6-15/h1-13H,(H2,25,26,27,28). The van der Waals surface area contributed by atoms with Crippen molar-refractivity contribution in [3.8, 4) is 11.5 Å².